The van der Waals surface area contributed by atoms with Gasteiger partial charge in [0.15, 0.2) is 0 Å². The van der Waals surface area contributed by atoms with Gasteiger partial charge in [-0.25, -0.2) is 0 Å². The van der Waals surface area contributed by atoms with E-state index in [1.165, 1.54) is 0 Å². The maximum absolute atomic E-state index is 11.5. The summed E-state index contributed by atoms with van der Waals surface area (Å²) in [7, 11) is 2.15. The first-order valence-corrected chi connectivity index (χ1v) is 7.56. The standard InChI is InChI=1S/C15H31N3O2/c1-7-16-15(5,13(19)20)10-12(2)18-9-8-17(6)14(3,4)11-18/h12,16H,7-11H2,1-6H3,(H,19,20). The second-order valence-corrected chi connectivity index (χ2v) is 6.93. The number of carboxylic acids is 1. The molecule has 2 atom stereocenters. The molecule has 1 aliphatic rings. The number of aliphatic carboxylic acids is 1. The summed E-state index contributed by atoms with van der Waals surface area (Å²) in [4.78, 5) is 16.3. The molecule has 0 bridgehead atoms. The summed E-state index contributed by atoms with van der Waals surface area (Å²) in [6.45, 7) is 14.0. The second kappa shape index (κ2) is 6.41. The van der Waals surface area contributed by atoms with Crippen LogP contribution in [-0.2, 0) is 4.79 Å². The van der Waals surface area contributed by atoms with Crippen molar-refractivity contribution < 1.29 is 9.90 Å². The van der Waals surface area contributed by atoms with Crippen molar-refractivity contribution in [2.45, 2.75) is 58.2 Å². The lowest BCUT2D eigenvalue weighted by atomic mass is 9.90. The van der Waals surface area contributed by atoms with Crippen LogP contribution in [0.15, 0.2) is 0 Å². The second-order valence-electron chi connectivity index (χ2n) is 6.93. The molecule has 1 fully saturated rings. The molecule has 2 unspecified atom stereocenters. The van der Waals surface area contributed by atoms with Crippen LogP contribution in [0.3, 0.4) is 0 Å². The molecular weight excluding hydrogens is 254 g/mol. The van der Waals surface area contributed by atoms with Gasteiger partial charge >= 0.3 is 5.97 Å². The molecule has 0 saturated carbocycles. The van der Waals surface area contributed by atoms with Gasteiger partial charge in [0, 0.05) is 31.2 Å². The van der Waals surface area contributed by atoms with Crippen LogP contribution in [0.25, 0.3) is 0 Å². The van der Waals surface area contributed by atoms with Gasteiger partial charge in [0.1, 0.15) is 5.54 Å². The minimum Gasteiger partial charge on any atom is -0.480 e. The van der Waals surface area contributed by atoms with Gasteiger partial charge in [-0.1, -0.05) is 6.92 Å². The molecule has 0 aromatic heterocycles. The number of carbonyl (C=O) groups is 1. The molecule has 2 N–H and O–H groups in total. The Kier molecular flexibility index (Phi) is 5.58. The van der Waals surface area contributed by atoms with Crippen molar-refractivity contribution in [1.82, 2.24) is 15.1 Å². The molecule has 0 amide bonds. The van der Waals surface area contributed by atoms with Gasteiger partial charge in [0.2, 0.25) is 0 Å². The summed E-state index contributed by atoms with van der Waals surface area (Å²) < 4.78 is 0. The van der Waals surface area contributed by atoms with E-state index < -0.39 is 11.5 Å². The Labute approximate surface area is 123 Å². The summed E-state index contributed by atoms with van der Waals surface area (Å²) >= 11 is 0. The summed E-state index contributed by atoms with van der Waals surface area (Å²) in [5, 5.41) is 12.6. The Morgan fingerprint density at radius 3 is 2.50 bits per heavy atom. The van der Waals surface area contributed by atoms with E-state index in [0.717, 1.165) is 19.6 Å². The minimum atomic E-state index is -0.846. The van der Waals surface area contributed by atoms with Crippen LogP contribution in [0.2, 0.25) is 0 Å². The number of nitrogens with one attached hydrogen (secondary N) is 1. The van der Waals surface area contributed by atoms with E-state index in [-0.39, 0.29) is 11.6 Å². The highest BCUT2D eigenvalue weighted by atomic mass is 16.4. The number of rotatable bonds is 6. The summed E-state index contributed by atoms with van der Waals surface area (Å²) in [6.07, 6.45) is 0.621. The third-order valence-electron chi connectivity index (χ3n) is 4.71. The number of piperazine rings is 1. The van der Waals surface area contributed by atoms with Crippen molar-refractivity contribution >= 4 is 5.97 Å². The number of hydrogen-bond donors (Lipinski definition) is 2. The van der Waals surface area contributed by atoms with Crippen LogP contribution in [0.5, 0.6) is 0 Å². The highest BCUT2D eigenvalue weighted by Gasteiger charge is 2.38. The third-order valence-corrected chi connectivity index (χ3v) is 4.71. The number of hydrogen-bond acceptors (Lipinski definition) is 4. The molecule has 118 valence electrons. The molecule has 1 aliphatic heterocycles. The van der Waals surface area contributed by atoms with E-state index in [2.05, 4.69) is 42.9 Å². The van der Waals surface area contributed by atoms with Crippen molar-refractivity contribution in [1.29, 1.82) is 0 Å². The zero-order valence-corrected chi connectivity index (χ0v) is 13.9. The van der Waals surface area contributed by atoms with Crippen LogP contribution in [0, 0.1) is 0 Å². The van der Waals surface area contributed by atoms with Crippen LogP contribution in [0.4, 0.5) is 0 Å². The molecular formula is C15H31N3O2. The summed E-state index contributed by atoms with van der Waals surface area (Å²) in [5.41, 5.74) is -0.702. The molecule has 20 heavy (non-hydrogen) atoms. The molecule has 0 aromatic carbocycles. The van der Waals surface area contributed by atoms with Crippen molar-refractivity contribution in [2.24, 2.45) is 0 Å². The normalized spacial score (nSPS) is 25.1. The van der Waals surface area contributed by atoms with Gasteiger partial charge in [-0.15, -0.1) is 0 Å². The number of nitrogens with zero attached hydrogens (tertiary/aromatic N) is 2. The van der Waals surface area contributed by atoms with E-state index in [4.69, 9.17) is 0 Å². The first kappa shape index (κ1) is 17.4. The van der Waals surface area contributed by atoms with Crippen molar-refractivity contribution in [3.63, 3.8) is 0 Å². The fourth-order valence-electron chi connectivity index (χ4n) is 3.00. The quantitative estimate of drug-likeness (QED) is 0.769. The maximum Gasteiger partial charge on any atom is 0.323 e. The Morgan fingerprint density at radius 2 is 2.05 bits per heavy atom. The summed E-state index contributed by atoms with van der Waals surface area (Å²) in [5.74, 6) is -0.764. The molecule has 5 nitrogen and oxygen atoms in total. The van der Waals surface area contributed by atoms with E-state index in [1.54, 1.807) is 6.92 Å². The lowest BCUT2D eigenvalue weighted by molar-refractivity contribution is -0.145. The zero-order chi connectivity index (χ0) is 15.6. The van der Waals surface area contributed by atoms with Gasteiger partial charge in [-0.2, -0.15) is 0 Å². The Morgan fingerprint density at radius 1 is 1.45 bits per heavy atom. The lowest BCUT2D eigenvalue weighted by Gasteiger charge is -2.48. The van der Waals surface area contributed by atoms with Crippen molar-refractivity contribution in [3.05, 3.63) is 0 Å². The average molecular weight is 285 g/mol. The van der Waals surface area contributed by atoms with E-state index in [1.807, 2.05) is 6.92 Å². The monoisotopic (exact) mass is 285 g/mol. The molecule has 1 rings (SSSR count). The van der Waals surface area contributed by atoms with Gasteiger partial charge in [-0.3, -0.25) is 14.6 Å². The van der Waals surface area contributed by atoms with Gasteiger partial charge < -0.3 is 10.4 Å². The highest BCUT2D eigenvalue weighted by Crippen LogP contribution is 2.24. The van der Waals surface area contributed by atoms with Gasteiger partial charge in [0.25, 0.3) is 0 Å². The molecule has 5 heteroatoms. The van der Waals surface area contributed by atoms with Gasteiger partial charge in [-0.05, 0) is 47.7 Å². The third kappa shape index (κ3) is 3.93. The van der Waals surface area contributed by atoms with E-state index in [0.29, 0.717) is 13.0 Å². The van der Waals surface area contributed by atoms with Crippen molar-refractivity contribution in [3.8, 4) is 0 Å². The minimum absolute atomic E-state index is 0.143. The van der Waals surface area contributed by atoms with Crippen LogP contribution in [0.1, 0.15) is 41.0 Å². The van der Waals surface area contributed by atoms with E-state index >= 15 is 0 Å². The molecule has 0 aliphatic carbocycles. The maximum atomic E-state index is 11.5. The van der Waals surface area contributed by atoms with Crippen molar-refractivity contribution in [2.75, 3.05) is 33.2 Å². The molecule has 1 saturated heterocycles. The van der Waals surface area contributed by atoms with Crippen LogP contribution >= 0.6 is 0 Å². The molecule has 1 heterocycles. The van der Waals surface area contributed by atoms with Crippen LogP contribution in [-0.4, -0.2) is 71.2 Å². The smallest absolute Gasteiger partial charge is 0.323 e. The predicted octanol–water partition coefficient (Wildman–Crippen LogP) is 1.24. The van der Waals surface area contributed by atoms with E-state index in [9.17, 15) is 9.90 Å². The lowest BCUT2D eigenvalue weighted by Crippen LogP contribution is -2.61. The first-order valence-electron chi connectivity index (χ1n) is 7.56. The Bertz CT molecular complexity index is 346. The SMILES string of the molecule is CCNC(C)(CC(C)N1CCN(C)C(C)(C)C1)C(=O)O. The molecule has 0 radical (unpaired) electrons. The Hall–Kier alpha value is -0.650. The average Bonchev–Trinajstić information content (AvgIpc) is 2.32. The summed E-state index contributed by atoms with van der Waals surface area (Å²) in [6, 6.07) is 0.253. The number of carboxylic acid groups (broad SMARTS) is 1. The first-order chi connectivity index (χ1) is 9.12. The van der Waals surface area contributed by atoms with Crippen LogP contribution < -0.4 is 5.32 Å². The fraction of sp³-hybridized carbons (Fsp3) is 0.933. The van der Waals surface area contributed by atoms with Gasteiger partial charge in [0.05, 0.1) is 0 Å². The predicted molar refractivity (Wildman–Crippen MR) is 82.1 cm³/mol. The fourth-order valence-corrected chi connectivity index (χ4v) is 3.00. The highest BCUT2D eigenvalue weighted by molar-refractivity contribution is 5.78. The molecule has 0 spiro atoms. The largest absolute Gasteiger partial charge is 0.480 e. The number of likely N-dealkylation sites (N-methyl/N-ethyl adjacent to an activating group) is 2. The topological polar surface area (TPSA) is 55.8 Å². The Balaban J connectivity index is 2.70. The molecule has 0 aromatic rings. The zero-order valence-electron chi connectivity index (χ0n) is 13.9.